The van der Waals surface area contributed by atoms with E-state index in [0.29, 0.717) is 6.54 Å². The molecule has 0 radical (unpaired) electrons. The van der Waals surface area contributed by atoms with Crippen LogP contribution in [-0.4, -0.2) is 17.3 Å². The number of rotatable bonds is 4. The highest BCUT2D eigenvalue weighted by molar-refractivity contribution is 5.57. The van der Waals surface area contributed by atoms with Gasteiger partial charge in [-0.1, -0.05) is 6.07 Å². The number of aromatic amines is 1. The average Bonchev–Trinajstić information content (AvgIpc) is 2.80. The fourth-order valence-electron chi connectivity index (χ4n) is 1.52. The Balaban J connectivity index is 2.09. The van der Waals surface area contributed by atoms with Crippen molar-refractivity contribution < 1.29 is 4.74 Å². The quantitative estimate of drug-likeness (QED) is 0.826. The van der Waals surface area contributed by atoms with Crippen molar-refractivity contribution in [3.05, 3.63) is 41.7 Å². The predicted molar refractivity (Wildman–Crippen MR) is 63.6 cm³/mol. The third-order valence-corrected chi connectivity index (χ3v) is 2.38. The molecular weight excluding hydrogens is 202 g/mol. The number of hydrogen-bond acceptors (Lipinski definition) is 3. The van der Waals surface area contributed by atoms with Gasteiger partial charge in [0.25, 0.3) is 0 Å². The number of nitrogens with zero attached hydrogens (tertiary/aromatic N) is 1. The number of ether oxygens (including phenoxy) is 1. The molecule has 0 aliphatic rings. The standard InChI is InChI=1S/C12H15N3O/c1-9-3-4-11(12(7-9)16-2)13-8-10-5-6-14-15-10/h3-7,13H,8H2,1-2H3,(H,14,15). The van der Waals surface area contributed by atoms with E-state index in [9.17, 15) is 0 Å². The third-order valence-electron chi connectivity index (χ3n) is 2.38. The maximum absolute atomic E-state index is 5.31. The van der Waals surface area contributed by atoms with Crippen LogP contribution < -0.4 is 10.1 Å². The summed E-state index contributed by atoms with van der Waals surface area (Å²) >= 11 is 0. The molecule has 4 nitrogen and oxygen atoms in total. The van der Waals surface area contributed by atoms with E-state index >= 15 is 0 Å². The molecule has 16 heavy (non-hydrogen) atoms. The summed E-state index contributed by atoms with van der Waals surface area (Å²) in [7, 11) is 1.68. The van der Waals surface area contributed by atoms with Crippen LogP contribution in [0.3, 0.4) is 0 Å². The van der Waals surface area contributed by atoms with Crippen molar-refractivity contribution in [2.75, 3.05) is 12.4 Å². The predicted octanol–water partition coefficient (Wildman–Crippen LogP) is 2.34. The second-order valence-electron chi connectivity index (χ2n) is 3.64. The summed E-state index contributed by atoms with van der Waals surface area (Å²) < 4.78 is 5.31. The Bertz CT molecular complexity index is 451. The maximum atomic E-state index is 5.31. The molecule has 0 atom stereocenters. The van der Waals surface area contributed by atoms with Crippen molar-refractivity contribution >= 4 is 5.69 Å². The molecule has 0 spiro atoms. The van der Waals surface area contributed by atoms with E-state index in [1.807, 2.05) is 25.1 Å². The lowest BCUT2D eigenvalue weighted by molar-refractivity contribution is 0.416. The van der Waals surface area contributed by atoms with E-state index in [1.54, 1.807) is 13.3 Å². The van der Waals surface area contributed by atoms with Crippen molar-refractivity contribution in [3.63, 3.8) is 0 Å². The summed E-state index contributed by atoms with van der Waals surface area (Å²) in [6.07, 6.45) is 1.74. The van der Waals surface area contributed by atoms with Crippen molar-refractivity contribution in [2.45, 2.75) is 13.5 Å². The van der Waals surface area contributed by atoms with Crippen molar-refractivity contribution in [2.24, 2.45) is 0 Å². The van der Waals surface area contributed by atoms with Crippen LogP contribution in [0.2, 0.25) is 0 Å². The smallest absolute Gasteiger partial charge is 0.142 e. The van der Waals surface area contributed by atoms with Crippen LogP contribution >= 0.6 is 0 Å². The van der Waals surface area contributed by atoms with Gasteiger partial charge in [0.2, 0.25) is 0 Å². The zero-order valence-electron chi connectivity index (χ0n) is 9.45. The Morgan fingerprint density at radius 1 is 1.38 bits per heavy atom. The van der Waals surface area contributed by atoms with E-state index in [0.717, 1.165) is 17.1 Å². The minimum Gasteiger partial charge on any atom is -0.495 e. The molecule has 0 saturated heterocycles. The topological polar surface area (TPSA) is 49.9 Å². The Hall–Kier alpha value is -1.97. The van der Waals surface area contributed by atoms with Gasteiger partial charge in [-0.2, -0.15) is 5.10 Å². The Kier molecular flexibility index (Phi) is 3.10. The molecule has 2 rings (SSSR count). The Labute approximate surface area is 94.6 Å². The van der Waals surface area contributed by atoms with Gasteiger partial charge in [0.05, 0.1) is 25.0 Å². The van der Waals surface area contributed by atoms with E-state index in [1.165, 1.54) is 5.56 Å². The molecular formula is C12H15N3O. The number of benzene rings is 1. The molecule has 2 aromatic rings. The SMILES string of the molecule is COc1cc(C)ccc1NCc1ccn[nH]1. The minimum absolute atomic E-state index is 0.708. The molecule has 0 aliphatic carbocycles. The fourth-order valence-corrected chi connectivity index (χ4v) is 1.52. The molecule has 0 saturated carbocycles. The summed E-state index contributed by atoms with van der Waals surface area (Å²) in [6.45, 7) is 2.75. The second kappa shape index (κ2) is 4.70. The van der Waals surface area contributed by atoms with E-state index in [-0.39, 0.29) is 0 Å². The molecule has 84 valence electrons. The van der Waals surface area contributed by atoms with Gasteiger partial charge < -0.3 is 10.1 Å². The maximum Gasteiger partial charge on any atom is 0.142 e. The first-order valence-corrected chi connectivity index (χ1v) is 5.16. The molecule has 0 unspecified atom stereocenters. The van der Waals surface area contributed by atoms with Crippen LogP contribution in [0.15, 0.2) is 30.5 Å². The van der Waals surface area contributed by atoms with Crippen LogP contribution in [0.25, 0.3) is 0 Å². The number of H-pyrrole nitrogens is 1. The molecule has 1 aromatic carbocycles. The number of aryl methyl sites for hydroxylation is 1. The second-order valence-corrected chi connectivity index (χ2v) is 3.64. The molecule has 0 fully saturated rings. The summed E-state index contributed by atoms with van der Waals surface area (Å²) in [4.78, 5) is 0. The van der Waals surface area contributed by atoms with E-state index < -0.39 is 0 Å². The lowest BCUT2D eigenvalue weighted by atomic mass is 10.2. The van der Waals surface area contributed by atoms with Gasteiger partial charge in [-0.05, 0) is 30.7 Å². The number of anilines is 1. The largest absolute Gasteiger partial charge is 0.495 e. The van der Waals surface area contributed by atoms with Gasteiger partial charge in [-0.3, -0.25) is 5.10 Å². The molecule has 0 amide bonds. The fraction of sp³-hybridized carbons (Fsp3) is 0.250. The Morgan fingerprint density at radius 3 is 2.94 bits per heavy atom. The van der Waals surface area contributed by atoms with Crippen LogP contribution in [-0.2, 0) is 6.54 Å². The summed E-state index contributed by atoms with van der Waals surface area (Å²) in [5, 5.41) is 10.1. The van der Waals surface area contributed by atoms with Gasteiger partial charge in [0, 0.05) is 6.20 Å². The average molecular weight is 217 g/mol. The summed E-state index contributed by atoms with van der Waals surface area (Å²) in [5.74, 6) is 0.861. The zero-order valence-corrected chi connectivity index (χ0v) is 9.45. The number of aromatic nitrogens is 2. The highest BCUT2D eigenvalue weighted by Gasteiger charge is 2.02. The molecule has 0 aliphatic heterocycles. The van der Waals surface area contributed by atoms with Gasteiger partial charge in [0.15, 0.2) is 0 Å². The molecule has 2 N–H and O–H groups in total. The van der Waals surface area contributed by atoms with Crippen LogP contribution in [0.5, 0.6) is 5.75 Å². The van der Waals surface area contributed by atoms with E-state index in [4.69, 9.17) is 4.74 Å². The first-order chi connectivity index (χ1) is 7.79. The summed E-state index contributed by atoms with van der Waals surface area (Å²) in [5.41, 5.74) is 3.22. The first kappa shape index (κ1) is 10.5. The zero-order chi connectivity index (χ0) is 11.4. The van der Waals surface area contributed by atoms with Crippen LogP contribution in [0.4, 0.5) is 5.69 Å². The lowest BCUT2D eigenvalue weighted by Gasteiger charge is -2.10. The molecule has 1 heterocycles. The highest BCUT2D eigenvalue weighted by atomic mass is 16.5. The van der Waals surface area contributed by atoms with Crippen molar-refractivity contribution in [3.8, 4) is 5.75 Å². The van der Waals surface area contributed by atoms with Gasteiger partial charge >= 0.3 is 0 Å². The monoisotopic (exact) mass is 217 g/mol. The first-order valence-electron chi connectivity index (χ1n) is 5.16. The van der Waals surface area contributed by atoms with Crippen molar-refractivity contribution in [1.29, 1.82) is 0 Å². The molecule has 1 aromatic heterocycles. The minimum atomic E-state index is 0.708. The van der Waals surface area contributed by atoms with Crippen LogP contribution in [0, 0.1) is 6.92 Å². The molecule has 0 bridgehead atoms. The highest BCUT2D eigenvalue weighted by Crippen LogP contribution is 2.25. The van der Waals surface area contributed by atoms with Gasteiger partial charge in [-0.15, -0.1) is 0 Å². The number of methoxy groups -OCH3 is 1. The van der Waals surface area contributed by atoms with Gasteiger partial charge in [0.1, 0.15) is 5.75 Å². The normalized spacial score (nSPS) is 10.1. The number of nitrogens with one attached hydrogen (secondary N) is 2. The Morgan fingerprint density at radius 2 is 2.25 bits per heavy atom. The summed E-state index contributed by atoms with van der Waals surface area (Å²) in [6, 6.07) is 8.02. The third kappa shape index (κ3) is 2.34. The lowest BCUT2D eigenvalue weighted by Crippen LogP contribution is -2.01. The van der Waals surface area contributed by atoms with Crippen molar-refractivity contribution in [1.82, 2.24) is 10.2 Å². The number of hydrogen-bond donors (Lipinski definition) is 2. The van der Waals surface area contributed by atoms with E-state index in [2.05, 4.69) is 21.6 Å². The molecule has 4 heteroatoms. The van der Waals surface area contributed by atoms with Gasteiger partial charge in [-0.25, -0.2) is 0 Å². The van der Waals surface area contributed by atoms with Crippen LogP contribution in [0.1, 0.15) is 11.3 Å².